The van der Waals surface area contributed by atoms with Crippen molar-refractivity contribution in [2.24, 2.45) is 5.41 Å². The van der Waals surface area contributed by atoms with Crippen LogP contribution in [-0.2, 0) is 22.6 Å². The predicted octanol–water partition coefficient (Wildman–Crippen LogP) is 3.26. The second-order valence-corrected chi connectivity index (χ2v) is 7.25. The molecule has 2 aromatic rings. The lowest BCUT2D eigenvalue weighted by Gasteiger charge is -2.50. The monoisotopic (exact) mass is 342 g/mol. The Morgan fingerprint density at radius 2 is 2.20 bits per heavy atom. The smallest absolute Gasteiger partial charge is 0.117 e. The molecule has 134 valence electrons. The van der Waals surface area contributed by atoms with E-state index in [1.807, 2.05) is 30.6 Å². The quantitative estimate of drug-likeness (QED) is 0.806. The van der Waals surface area contributed by atoms with Crippen LogP contribution in [0.1, 0.15) is 30.6 Å². The van der Waals surface area contributed by atoms with Crippen LogP contribution < -0.4 is 0 Å². The first kappa shape index (κ1) is 16.8. The molecule has 2 fully saturated rings. The molecule has 0 saturated carbocycles. The predicted molar refractivity (Wildman–Crippen MR) is 93.9 cm³/mol. The molecular weight excluding hydrogens is 316 g/mol. The molecular formula is C20H26N2O3. The van der Waals surface area contributed by atoms with Crippen LogP contribution in [0.4, 0.5) is 0 Å². The molecule has 25 heavy (non-hydrogen) atoms. The highest BCUT2D eigenvalue weighted by atomic mass is 16.5. The summed E-state index contributed by atoms with van der Waals surface area (Å²) in [7, 11) is 0. The summed E-state index contributed by atoms with van der Waals surface area (Å²) in [5.74, 6) is 1.03. The van der Waals surface area contributed by atoms with Crippen LogP contribution >= 0.6 is 0 Å². The van der Waals surface area contributed by atoms with E-state index in [2.05, 4.69) is 16.0 Å². The van der Waals surface area contributed by atoms with E-state index >= 15 is 0 Å². The van der Waals surface area contributed by atoms with Gasteiger partial charge < -0.3 is 13.9 Å². The highest BCUT2D eigenvalue weighted by molar-refractivity contribution is 5.08. The number of piperidine rings is 1. The van der Waals surface area contributed by atoms with Gasteiger partial charge in [-0.1, -0.05) is 0 Å². The van der Waals surface area contributed by atoms with Gasteiger partial charge >= 0.3 is 0 Å². The molecule has 2 aliphatic heterocycles. The van der Waals surface area contributed by atoms with Gasteiger partial charge in [0.25, 0.3) is 0 Å². The molecule has 0 radical (unpaired) electrons. The zero-order valence-corrected chi connectivity index (χ0v) is 14.6. The van der Waals surface area contributed by atoms with Gasteiger partial charge in [-0.3, -0.25) is 9.88 Å². The van der Waals surface area contributed by atoms with E-state index in [1.165, 1.54) is 12.0 Å². The SMILES string of the molecule is c1coc(CN2CCC3OCCCC3(COCc3ccncc3)C2)c1. The van der Waals surface area contributed by atoms with Crippen molar-refractivity contribution in [3.8, 4) is 0 Å². The van der Waals surface area contributed by atoms with Gasteiger partial charge in [-0.15, -0.1) is 0 Å². The van der Waals surface area contributed by atoms with E-state index in [1.54, 1.807) is 6.26 Å². The molecule has 5 nitrogen and oxygen atoms in total. The third-order valence-electron chi connectivity index (χ3n) is 5.43. The number of furan rings is 1. The number of pyridine rings is 1. The Balaban J connectivity index is 1.40. The average molecular weight is 342 g/mol. The molecule has 0 aromatic carbocycles. The molecule has 5 heteroatoms. The van der Waals surface area contributed by atoms with Crippen molar-refractivity contribution in [2.75, 3.05) is 26.3 Å². The van der Waals surface area contributed by atoms with Crippen molar-refractivity contribution in [3.63, 3.8) is 0 Å². The van der Waals surface area contributed by atoms with E-state index in [4.69, 9.17) is 13.9 Å². The molecule has 0 aliphatic carbocycles. The average Bonchev–Trinajstić information content (AvgIpc) is 3.15. The molecule has 2 saturated heterocycles. The summed E-state index contributed by atoms with van der Waals surface area (Å²) in [6.45, 7) is 5.19. The lowest BCUT2D eigenvalue weighted by Crippen LogP contribution is -2.56. The summed E-state index contributed by atoms with van der Waals surface area (Å²) >= 11 is 0. The van der Waals surface area contributed by atoms with Crippen molar-refractivity contribution < 1.29 is 13.9 Å². The molecule has 0 bridgehead atoms. The van der Waals surface area contributed by atoms with Crippen LogP contribution in [0.25, 0.3) is 0 Å². The van der Waals surface area contributed by atoms with Crippen molar-refractivity contribution >= 4 is 0 Å². The van der Waals surface area contributed by atoms with Crippen LogP contribution in [0.2, 0.25) is 0 Å². The molecule has 0 N–H and O–H groups in total. The van der Waals surface area contributed by atoms with E-state index in [9.17, 15) is 0 Å². The zero-order chi connectivity index (χ0) is 17.0. The Morgan fingerprint density at radius 3 is 3.04 bits per heavy atom. The minimum Gasteiger partial charge on any atom is -0.468 e. The first-order valence-corrected chi connectivity index (χ1v) is 9.17. The van der Waals surface area contributed by atoms with Crippen LogP contribution in [0, 0.1) is 5.41 Å². The fourth-order valence-corrected chi connectivity index (χ4v) is 4.20. The summed E-state index contributed by atoms with van der Waals surface area (Å²) in [6.07, 6.45) is 9.04. The van der Waals surface area contributed by atoms with Gasteiger partial charge in [0.05, 0.1) is 32.1 Å². The van der Waals surface area contributed by atoms with E-state index in [-0.39, 0.29) is 5.41 Å². The number of ether oxygens (including phenoxy) is 2. The van der Waals surface area contributed by atoms with Gasteiger partial charge in [0.2, 0.25) is 0 Å². The fraction of sp³-hybridized carbons (Fsp3) is 0.550. The maximum Gasteiger partial charge on any atom is 0.117 e. The first-order valence-electron chi connectivity index (χ1n) is 9.17. The van der Waals surface area contributed by atoms with E-state index in [0.717, 1.165) is 51.4 Å². The number of hydrogen-bond acceptors (Lipinski definition) is 5. The van der Waals surface area contributed by atoms with Gasteiger partial charge in [0.15, 0.2) is 0 Å². The second-order valence-electron chi connectivity index (χ2n) is 7.25. The molecule has 4 rings (SSSR count). The van der Waals surface area contributed by atoms with Crippen LogP contribution in [0.3, 0.4) is 0 Å². The van der Waals surface area contributed by atoms with Crippen molar-refractivity contribution in [1.82, 2.24) is 9.88 Å². The molecule has 2 aromatic heterocycles. The number of likely N-dealkylation sites (tertiary alicyclic amines) is 1. The van der Waals surface area contributed by atoms with E-state index in [0.29, 0.717) is 12.7 Å². The summed E-state index contributed by atoms with van der Waals surface area (Å²) < 4.78 is 17.8. The lowest BCUT2D eigenvalue weighted by molar-refractivity contribution is -0.156. The van der Waals surface area contributed by atoms with Gasteiger partial charge in [0, 0.05) is 37.5 Å². The molecule has 0 amide bonds. The van der Waals surface area contributed by atoms with Crippen LogP contribution in [0.5, 0.6) is 0 Å². The first-order chi connectivity index (χ1) is 12.3. The van der Waals surface area contributed by atoms with Crippen LogP contribution in [0.15, 0.2) is 47.3 Å². The Morgan fingerprint density at radius 1 is 1.28 bits per heavy atom. The van der Waals surface area contributed by atoms with Gasteiger partial charge in [-0.05, 0) is 49.1 Å². The Labute approximate surface area is 148 Å². The highest BCUT2D eigenvalue weighted by Crippen LogP contribution is 2.41. The summed E-state index contributed by atoms with van der Waals surface area (Å²) in [6, 6.07) is 8.03. The topological polar surface area (TPSA) is 47.7 Å². The molecule has 4 heterocycles. The van der Waals surface area contributed by atoms with Crippen LogP contribution in [-0.4, -0.2) is 42.3 Å². The normalized spacial score (nSPS) is 27.1. The van der Waals surface area contributed by atoms with Crippen molar-refractivity contribution in [3.05, 3.63) is 54.2 Å². The highest BCUT2D eigenvalue weighted by Gasteiger charge is 2.46. The van der Waals surface area contributed by atoms with Crippen molar-refractivity contribution in [1.29, 1.82) is 0 Å². The number of fused-ring (bicyclic) bond motifs is 1. The third kappa shape index (κ3) is 3.94. The molecule has 2 aliphatic rings. The molecule has 2 atom stereocenters. The standard InChI is InChI=1S/C20H26N2O3/c1-3-18(24-11-1)13-22-10-6-19-20(15-22,7-2-12-25-19)16-23-14-17-4-8-21-9-5-17/h1,3-5,8-9,11,19H,2,6-7,10,12-16H2. The number of aromatic nitrogens is 1. The number of hydrogen-bond donors (Lipinski definition) is 0. The third-order valence-corrected chi connectivity index (χ3v) is 5.43. The minimum atomic E-state index is 0.0934. The summed E-state index contributed by atoms with van der Waals surface area (Å²) in [5, 5.41) is 0. The fourth-order valence-electron chi connectivity index (χ4n) is 4.20. The number of nitrogens with zero attached hydrogens (tertiary/aromatic N) is 2. The summed E-state index contributed by atoms with van der Waals surface area (Å²) in [5.41, 5.74) is 1.26. The molecule has 2 unspecified atom stereocenters. The minimum absolute atomic E-state index is 0.0934. The zero-order valence-electron chi connectivity index (χ0n) is 14.6. The van der Waals surface area contributed by atoms with Gasteiger partial charge in [-0.2, -0.15) is 0 Å². The maximum atomic E-state index is 6.15. The second kappa shape index (κ2) is 7.68. The number of rotatable bonds is 6. The van der Waals surface area contributed by atoms with Gasteiger partial charge in [-0.25, -0.2) is 0 Å². The largest absolute Gasteiger partial charge is 0.468 e. The van der Waals surface area contributed by atoms with Gasteiger partial charge in [0.1, 0.15) is 5.76 Å². The van der Waals surface area contributed by atoms with E-state index < -0.39 is 0 Å². The Kier molecular flexibility index (Phi) is 5.15. The Hall–Kier alpha value is -1.69. The molecule has 0 spiro atoms. The van der Waals surface area contributed by atoms with Crippen molar-refractivity contribution in [2.45, 2.75) is 38.5 Å². The Bertz CT molecular complexity index is 646. The maximum absolute atomic E-state index is 6.15. The summed E-state index contributed by atoms with van der Waals surface area (Å²) in [4.78, 5) is 6.55. The lowest BCUT2D eigenvalue weighted by atomic mass is 9.73.